The molecule has 1 fully saturated rings. The molecule has 90 valence electrons. The van der Waals surface area contributed by atoms with Crippen LogP contribution in [0.1, 0.15) is 35.0 Å². The third-order valence-electron chi connectivity index (χ3n) is 3.09. The van der Waals surface area contributed by atoms with Gasteiger partial charge in [0.05, 0.1) is 17.3 Å². The molecule has 0 bridgehead atoms. The topological polar surface area (TPSA) is 34.2 Å². The number of ether oxygens (including phenoxy) is 1. The maximum absolute atomic E-state index is 5.37. The van der Waals surface area contributed by atoms with Gasteiger partial charge < -0.3 is 10.1 Å². The SMILES string of the molecule is Cc1nc(C(C)NCC2CCOC2)c(C)s1. The van der Waals surface area contributed by atoms with E-state index in [9.17, 15) is 0 Å². The van der Waals surface area contributed by atoms with Crippen molar-refractivity contribution in [1.82, 2.24) is 10.3 Å². The minimum atomic E-state index is 0.352. The van der Waals surface area contributed by atoms with Crippen molar-refractivity contribution in [2.45, 2.75) is 33.2 Å². The van der Waals surface area contributed by atoms with Crippen molar-refractivity contribution >= 4 is 11.3 Å². The van der Waals surface area contributed by atoms with Gasteiger partial charge in [-0.3, -0.25) is 0 Å². The lowest BCUT2D eigenvalue weighted by Gasteiger charge is -2.15. The Morgan fingerprint density at radius 2 is 2.38 bits per heavy atom. The zero-order chi connectivity index (χ0) is 11.5. The highest BCUT2D eigenvalue weighted by Gasteiger charge is 2.18. The van der Waals surface area contributed by atoms with Gasteiger partial charge >= 0.3 is 0 Å². The summed E-state index contributed by atoms with van der Waals surface area (Å²) in [6.07, 6.45) is 1.19. The number of rotatable bonds is 4. The molecule has 0 aromatic carbocycles. The van der Waals surface area contributed by atoms with Crippen LogP contribution in [0.25, 0.3) is 0 Å². The summed E-state index contributed by atoms with van der Waals surface area (Å²) in [7, 11) is 0. The first-order chi connectivity index (χ1) is 7.66. The summed E-state index contributed by atoms with van der Waals surface area (Å²) in [6.45, 7) is 9.29. The third-order valence-corrected chi connectivity index (χ3v) is 3.99. The van der Waals surface area contributed by atoms with Crippen molar-refractivity contribution in [1.29, 1.82) is 0 Å². The molecule has 1 aliphatic rings. The second kappa shape index (κ2) is 5.25. The van der Waals surface area contributed by atoms with Crippen LogP contribution in [0.4, 0.5) is 0 Å². The molecule has 2 rings (SSSR count). The van der Waals surface area contributed by atoms with Crippen LogP contribution in [0.5, 0.6) is 0 Å². The van der Waals surface area contributed by atoms with Crippen molar-refractivity contribution in [3.63, 3.8) is 0 Å². The predicted molar refractivity (Wildman–Crippen MR) is 66.9 cm³/mol. The second-order valence-corrected chi connectivity index (χ2v) is 5.94. The number of nitrogens with one attached hydrogen (secondary N) is 1. The monoisotopic (exact) mass is 240 g/mol. The quantitative estimate of drug-likeness (QED) is 0.878. The van der Waals surface area contributed by atoms with Gasteiger partial charge in [0.2, 0.25) is 0 Å². The highest BCUT2D eigenvalue weighted by atomic mass is 32.1. The largest absolute Gasteiger partial charge is 0.381 e. The van der Waals surface area contributed by atoms with Crippen molar-refractivity contribution in [2.75, 3.05) is 19.8 Å². The molecule has 16 heavy (non-hydrogen) atoms. The summed E-state index contributed by atoms with van der Waals surface area (Å²) in [5, 5.41) is 4.72. The van der Waals surface area contributed by atoms with E-state index in [1.54, 1.807) is 11.3 Å². The molecule has 1 N–H and O–H groups in total. The lowest BCUT2D eigenvalue weighted by molar-refractivity contribution is 0.184. The van der Waals surface area contributed by atoms with E-state index in [1.807, 2.05) is 0 Å². The van der Waals surface area contributed by atoms with Gasteiger partial charge in [-0.2, -0.15) is 0 Å². The molecule has 3 nitrogen and oxygen atoms in total. The normalized spacial score (nSPS) is 22.6. The Balaban J connectivity index is 1.87. The first-order valence-electron chi connectivity index (χ1n) is 5.92. The van der Waals surface area contributed by atoms with Crippen LogP contribution >= 0.6 is 11.3 Å². The highest BCUT2D eigenvalue weighted by molar-refractivity contribution is 7.11. The summed E-state index contributed by atoms with van der Waals surface area (Å²) >= 11 is 1.78. The number of nitrogens with zero attached hydrogens (tertiary/aromatic N) is 1. The number of thiazole rings is 1. The zero-order valence-electron chi connectivity index (χ0n) is 10.2. The Kier molecular flexibility index (Phi) is 3.95. The molecule has 4 heteroatoms. The summed E-state index contributed by atoms with van der Waals surface area (Å²) < 4.78 is 5.37. The summed E-state index contributed by atoms with van der Waals surface area (Å²) in [4.78, 5) is 5.91. The van der Waals surface area contributed by atoms with Gasteiger partial charge in [0.1, 0.15) is 0 Å². The smallest absolute Gasteiger partial charge is 0.0900 e. The number of hydrogen-bond donors (Lipinski definition) is 1. The Labute approximate surface area is 101 Å². The standard InChI is InChI=1S/C12H20N2OS/c1-8(12-9(2)16-10(3)14-12)13-6-11-4-5-15-7-11/h8,11,13H,4-7H2,1-3H3. The van der Waals surface area contributed by atoms with Crippen LogP contribution < -0.4 is 5.32 Å². The van der Waals surface area contributed by atoms with Gasteiger partial charge in [-0.25, -0.2) is 4.98 Å². The van der Waals surface area contributed by atoms with Gasteiger partial charge in [0.25, 0.3) is 0 Å². The predicted octanol–water partition coefficient (Wildman–Crippen LogP) is 2.45. The minimum absolute atomic E-state index is 0.352. The van der Waals surface area contributed by atoms with E-state index in [2.05, 4.69) is 31.1 Å². The minimum Gasteiger partial charge on any atom is -0.381 e. The van der Waals surface area contributed by atoms with E-state index >= 15 is 0 Å². The molecule has 0 aliphatic carbocycles. The number of aromatic nitrogens is 1. The Hall–Kier alpha value is -0.450. The lowest BCUT2D eigenvalue weighted by atomic mass is 10.1. The maximum atomic E-state index is 5.37. The fourth-order valence-electron chi connectivity index (χ4n) is 2.13. The summed E-state index contributed by atoms with van der Waals surface area (Å²) in [5.74, 6) is 0.683. The van der Waals surface area contributed by atoms with Crippen LogP contribution in [0.2, 0.25) is 0 Å². The van der Waals surface area contributed by atoms with Crippen LogP contribution in [0.15, 0.2) is 0 Å². The van der Waals surface area contributed by atoms with E-state index in [-0.39, 0.29) is 0 Å². The molecule has 2 unspecified atom stereocenters. The van der Waals surface area contributed by atoms with Gasteiger partial charge in [0, 0.05) is 24.1 Å². The van der Waals surface area contributed by atoms with E-state index in [1.165, 1.54) is 17.0 Å². The fourth-order valence-corrected chi connectivity index (χ4v) is 3.05. The van der Waals surface area contributed by atoms with Gasteiger partial charge in [-0.05, 0) is 33.1 Å². The highest BCUT2D eigenvalue weighted by Crippen LogP contribution is 2.23. The molecular formula is C12H20N2OS. The molecule has 0 saturated carbocycles. The van der Waals surface area contributed by atoms with Crippen molar-refractivity contribution < 1.29 is 4.74 Å². The first kappa shape index (κ1) is 12.0. The molecule has 1 aliphatic heterocycles. The Bertz CT molecular complexity index is 345. The maximum Gasteiger partial charge on any atom is 0.0900 e. The van der Waals surface area contributed by atoms with Crippen molar-refractivity contribution in [2.24, 2.45) is 5.92 Å². The van der Waals surface area contributed by atoms with Crippen LogP contribution in [-0.4, -0.2) is 24.7 Å². The van der Waals surface area contributed by atoms with Gasteiger partial charge in [0.15, 0.2) is 0 Å². The molecule has 2 heterocycles. The molecule has 1 aromatic heterocycles. The van der Waals surface area contributed by atoms with Crippen LogP contribution in [0.3, 0.4) is 0 Å². The first-order valence-corrected chi connectivity index (χ1v) is 6.73. The average Bonchev–Trinajstić information content (AvgIpc) is 2.84. The molecule has 0 spiro atoms. The van der Waals surface area contributed by atoms with E-state index in [0.29, 0.717) is 12.0 Å². The summed E-state index contributed by atoms with van der Waals surface area (Å²) in [5.41, 5.74) is 1.21. The average molecular weight is 240 g/mol. The molecule has 0 radical (unpaired) electrons. The molecule has 1 aromatic rings. The fraction of sp³-hybridized carbons (Fsp3) is 0.750. The van der Waals surface area contributed by atoms with E-state index in [0.717, 1.165) is 24.8 Å². The second-order valence-electron chi connectivity index (χ2n) is 4.53. The molecule has 0 amide bonds. The third kappa shape index (κ3) is 2.81. The summed E-state index contributed by atoms with van der Waals surface area (Å²) in [6, 6.07) is 0.352. The van der Waals surface area contributed by atoms with Crippen LogP contribution in [0, 0.1) is 19.8 Å². The van der Waals surface area contributed by atoms with Crippen molar-refractivity contribution in [3.05, 3.63) is 15.6 Å². The van der Waals surface area contributed by atoms with Crippen molar-refractivity contribution in [3.8, 4) is 0 Å². The molecule has 2 atom stereocenters. The molecule has 1 saturated heterocycles. The van der Waals surface area contributed by atoms with E-state index in [4.69, 9.17) is 4.74 Å². The molecular weight excluding hydrogens is 220 g/mol. The van der Waals surface area contributed by atoms with Gasteiger partial charge in [-0.15, -0.1) is 11.3 Å². The Morgan fingerprint density at radius 1 is 1.56 bits per heavy atom. The van der Waals surface area contributed by atoms with E-state index < -0.39 is 0 Å². The lowest BCUT2D eigenvalue weighted by Crippen LogP contribution is -2.26. The van der Waals surface area contributed by atoms with Gasteiger partial charge in [-0.1, -0.05) is 0 Å². The number of hydrogen-bond acceptors (Lipinski definition) is 4. The van der Waals surface area contributed by atoms with Crippen LogP contribution in [-0.2, 0) is 4.74 Å². The zero-order valence-corrected chi connectivity index (χ0v) is 11.1. The number of aryl methyl sites for hydroxylation is 2. The Morgan fingerprint density at radius 3 is 2.94 bits per heavy atom.